The molecule has 0 saturated carbocycles. The topological polar surface area (TPSA) is 18.8 Å². The minimum Gasteiger partial charge on any atom is -0.354 e. The van der Waals surface area contributed by atoms with E-state index in [0.717, 1.165) is 37.7 Å². The van der Waals surface area contributed by atoms with Crippen LogP contribution in [0.25, 0.3) is 0 Å². The number of para-hydroxylation sites is 1. The van der Waals surface area contributed by atoms with Gasteiger partial charge in [0.25, 0.3) is 0 Å². The third-order valence-corrected chi connectivity index (χ3v) is 6.17. The Hall–Kier alpha value is -1.78. The van der Waals surface area contributed by atoms with Gasteiger partial charge in [0.05, 0.1) is 5.69 Å². The van der Waals surface area contributed by atoms with Gasteiger partial charge in [0.1, 0.15) is 5.84 Å². The Balaban J connectivity index is 1.84. The quantitative estimate of drug-likeness (QED) is 0.748. The van der Waals surface area contributed by atoms with Crippen molar-refractivity contribution in [2.45, 2.75) is 29.6 Å². The summed E-state index contributed by atoms with van der Waals surface area (Å²) >= 11 is 1.84. The monoisotopic (exact) mass is 351 g/mol. The average molecular weight is 352 g/mol. The molecule has 0 N–H and O–H groups in total. The van der Waals surface area contributed by atoms with Crippen molar-refractivity contribution in [2.75, 3.05) is 33.2 Å². The van der Waals surface area contributed by atoms with E-state index >= 15 is 0 Å². The number of fused-ring (bicyclic) bond motifs is 2. The summed E-state index contributed by atoms with van der Waals surface area (Å²) in [5.41, 5.74) is 3.76. The summed E-state index contributed by atoms with van der Waals surface area (Å²) in [5, 5.41) is 0. The van der Waals surface area contributed by atoms with E-state index in [9.17, 15) is 0 Å². The predicted octanol–water partition coefficient (Wildman–Crippen LogP) is 4.60. The fourth-order valence-corrected chi connectivity index (χ4v) is 4.36. The molecule has 0 amide bonds. The predicted molar refractivity (Wildman–Crippen MR) is 106 cm³/mol. The molecule has 0 atom stereocenters. The molecule has 130 valence electrons. The van der Waals surface area contributed by atoms with E-state index in [-0.39, 0.29) is 0 Å². The molecule has 0 unspecified atom stereocenters. The minimum absolute atomic E-state index is 0.523. The molecule has 0 spiro atoms. The number of amidine groups is 1. The van der Waals surface area contributed by atoms with E-state index in [1.54, 1.807) is 0 Å². The van der Waals surface area contributed by atoms with Crippen molar-refractivity contribution < 1.29 is 0 Å². The molecule has 0 bridgehead atoms. The van der Waals surface area contributed by atoms with Crippen LogP contribution < -0.4 is 0 Å². The molecule has 2 aliphatic heterocycles. The van der Waals surface area contributed by atoms with E-state index in [1.807, 2.05) is 11.8 Å². The van der Waals surface area contributed by atoms with Crippen LogP contribution in [-0.2, 0) is 0 Å². The lowest BCUT2D eigenvalue weighted by atomic mass is 10.00. The Kier molecular flexibility index (Phi) is 4.57. The van der Waals surface area contributed by atoms with Crippen LogP contribution in [0.1, 0.15) is 30.9 Å². The number of rotatable bonds is 1. The first kappa shape index (κ1) is 16.7. The third-order valence-electron chi connectivity index (χ3n) is 5.03. The van der Waals surface area contributed by atoms with Crippen molar-refractivity contribution >= 4 is 23.3 Å². The highest BCUT2D eigenvalue weighted by atomic mass is 32.2. The number of aliphatic imine (C=N–C) groups is 1. The number of benzene rings is 2. The van der Waals surface area contributed by atoms with Gasteiger partial charge in [0, 0.05) is 41.5 Å². The van der Waals surface area contributed by atoms with Gasteiger partial charge in [-0.05, 0) is 42.8 Å². The molecule has 4 heteroatoms. The SMILES string of the molecule is CC(C)c1ccc2c(c1)C(N1CCN(C)CC1)=Nc1ccccc1S2. The zero-order chi connectivity index (χ0) is 17.4. The number of hydrogen-bond acceptors (Lipinski definition) is 4. The van der Waals surface area contributed by atoms with Crippen LogP contribution in [0.4, 0.5) is 5.69 Å². The van der Waals surface area contributed by atoms with Gasteiger partial charge in [-0.25, -0.2) is 4.99 Å². The maximum Gasteiger partial charge on any atom is 0.137 e. The summed E-state index contributed by atoms with van der Waals surface area (Å²) in [6.07, 6.45) is 0. The van der Waals surface area contributed by atoms with Gasteiger partial charge >= 0.3 is 0 Å². The van der Waals surface area contributed by atoms with Crippen LogP contribution in [0.5, 0.6) is 0 Å². The lowest BCUT2D eigenvalue weighted by Gasteiger charge is -2.35. The molecule has 0 radical (unpaired) electrons. The number of likely N-dealkylation sites (N-methyl/N-ethyl adjacent to an activating group) is 1. The maximum atomic E-state index is 5.13. The molecule has 25 heavy (non-hydrogen) atoms. The van der Waals surface area contributed by atoms with Crippen molar-refractivity contribution in [2.24, 2.45) is 4.99 Å². The maximum absolute atomic E-state index is 5.13. The first-order valence-corrected chi connectivity index (χ1v) is 9.87. The van der Waals surface area contributed by atoms with E-state index < -0.39 is 0 Å². The molecule has 0 aliphatic carbocycles. The Labute approximate surface area is 154 Å². The van der Waals surface area contributed by atoms with Crippen LogP contribution in [0, 0.1) is 0 Å². The van der Waals surface area contributed by atoms with Crippen molar-refractivity contribution in [3.05, 3.63) is 53.6 Å². The van der Waals surface area contributed by atoms with Gasteiger partial charge in [-0.1, -0.05) is 43.8 Å². The number of piperazine rings is 1. The molecule has 3 nitrogen and oxygen atoms in total. The van der Waals surface area contributed by atoms with Gasteiger partial charge in [-0.2, -0.15) is 0 Å². The van der Waals surface area contributed by atoms with E-state index in [2.05, 4.69) is 73.2 Å². The van der Waals surface area contributed by atoms with Crippen molar-refractivity contribution in [3.8, 4) is 0 Å². The summed E-state index contributed by atoms with van der Waals surface area (Å²) in [4.78, 5) is 12.5. The molecule has 1 fully saturated rings. The second kappa shape index (κ2) is 6.85. The Bertz CT molecular complexity index is 805. The van der Waals surface area contributed by atoms with Crippen LogP contribution in [-0.4, -0.2) is 48.9 Å². The zero-order valence-corrected chi connectivity index (χ0v) is 16.0. The van der Waals surface area contributed by atoms with E-state index in [0.29, 0.717) is 5.92 Å². The van der Waals surface area contributed by atoms with Gasteiger partial charge in [0.2, 0.25) is 0 Å². The van der Waals surface area contributed by atoms with Crippen molar-refractivity contribution in [3.63, 3.8) is 0 Å². The summed E-state index contributed by atoms with van der Waals surface area (Å²) < 4.78 is 0. The first-order valence-electron chi connectivity index (χ1n) is 9.05. The molecule has 0 aromatic heterocycles. The molecule has 2 aromatic rings. The second-order valence-electron chi connectivity index (χ2n) is 7.21. The molecular weight excluding hydrogens is 326 g/mol. The summed E-state index contributed by atoms with van der Waals surface area (Å²) in [5.74, 6) is 1.66. The molecule has 1 saturated heterocycles. The van der Waals surface area contributed by atoms with Crippen LogP contribution in [0.3, 0.4) is 0 Å². The molecular formula is C21H25N3S. The third kappa shape index (κ3) is 3.33. The molecule has 2 heterocycles. The molecule has 2 aromatic carbocycles. The first-order chi connectivity index (χ1) is 12.1. The second-order valence-corrected chi connectivity index (χ2v) is 8.29. The zero-order valence-electron chi connectivity index (χ0n) is 15.2. The Morgan fingerprint density at radius 1 is 0.960 bits per heavy atom. The van der Waals surface area contributed by atoms with Gasteiger partial charge < -0.3 is 9.80 Å². The van der Waals surface area contributed by atoms with E-state index in [1.165, 1.54) is 20.9 Å². The number of nitrogens with zero attached hydrogens (tertiary/aromatic N) is 3. The Morgan fingerprint density at radius 2 is 1.72 bits per heavy atom. The normalized spacial score (nSPS) is 17.8. The van der Waals surface area contributed by atoms with Gasteiger partial charge in [0.15, 0.2) is 0 Å². The largest absolute Gasteiger partial charge is 0.354 e. The smallest absolute Gasteiger partial charge is 0.137 e. The summed E-state index contributed by atoms with van der Waals surface area (Å²) in [6.45, 7) is 8.76. The lowest BCUT2D eigenvalue weighted by Crippen LogP contribution is -2.47. The Morgan fingerprint density at radius 3 is 2.48 bits per heavy atom. The van der Waals surface area contributed by atoms with Gasteiger partial charge in [-0.3, -0.25) is 0 Å². The fourth-order valence-electron chi connectivity index (χ4n) is 3.36. The summed E-state index contributed by atoms with van der Waals surface area (Å²) in [6, 6.07) is 15.4. The van der Waals surface area contributed by atoms with E-state index in [4.69, 9.17) is 4.99 Å². The average Bonchev–Trinajstić information content (AvgIpc) is 2.78. The van der Waals surface area contributed by atoms with Gasteiger partial charge in [-0.15, -0.1) is 0 Å². The lowest BCUT2D eigenvalue weighted by molar-refractivity contribution is 0.215. The minimum atomic E-state index is 0.523. The fraction of sp³-hybridized carbons (Fsp3) is 0.381. The standard InChI is InChI=1S/C21H25N3S/c1-15(2)16-8-9-19-17(14-16)21(24-12-10-23(3)11-13-24)22-18-6-4-5-7-20(18)25-19/h4-9,14-15H,10-13H2,1-3H3. The highest BCUT2D eigenvalue weighted by Gasteiger charge is 2.24. The molecule has 4 rings (SSSR count). The van der Waals surface area contributed by atoms with Crippen molar-refractivity contribution in [1.29, 1.82) is 0 Å². The number of hydrogen-bond donors (Lipinski definition) is 0. The van der Waals surface area contributed by atoms with Crippen LogP contribution >= 0.6 is 11.8 Å². The summed E-state index contributed by atoms with van der Waals surface area (Å²) in [7, 11) is 2.20. The highest BCUT2D eigenvalue weighted by Crippen LogP contribution is 2.41. The van der Waals surface area contributed by atoms with Crippen molar-refractivity contribution in [1.82, 2.24) is 9.80 Å². The molecule has 2 aliphatic rings. The van der Waals surface area contributed by atoms with Crippen LogP contribution in [0.2, 0.25) is 0 Å². The highest BCUT2D eigenvalue weighted by molar-refractivity contribution is 7.99. The van der Waals surface area contributed by atoms with Crippen LogP contribution in [0.15, 0.2) is 57.2 Å².